The first-order chi connectivity index (χ1) is 5.16. The Kier molecular flexibility index (Phi) is 5.03. The first kappa shape index (κ1) is 9.85. The van der Waals surface area contributed by atoms with E-state index in [2.05, 4.69) is 15.8 Å². The molecule has 0 amide bonds. The van der Waals surface area contributed by atoms with Gasteiger partial charge in [-0.1, -0.05) is 0 Å². The molecule has 2 N–H and O–H groups in total. The average molecular weight is 170 g/mol. The van der Waals surface area contributed by atoms with E-state index in [1.54, 1.807) is 6.07 Å². The Bertz CT molecular complexity index is 191. The molecule has 0 aliphatic rings. The van der Waals surface area contributed by atoms with E-state index in [-0.39, 0.29) is 6.04 Å². The number of thiocarbonyl (C=S) groups is 1. The predicted octanol–water partition coefficient (Wildman–Crippen LogP) is 0.368. The van der Waals surface area contributed by atoms with Gasteiger partial charge in [-0.25, -0.2) is 0 Å². The van der Waals surface area contributed by atoms with Gasteiger partial charge in [0, 0.05) is 6.04 Å². The topological polar surface area (TPSA) is 60.2 Å². The molecule has 0 bridgehead atoms. The van der Waals surface area contributed by atoms with Gasteiger partial charge < -0.3 is 5.32 Å². The van der Waals surface area contributed by atoms with Crippen LogP contribution in [0, 0.1) is 11.3 Å². The van der Waals surface area contributed by atoms with Crippen LogP contribution in [0.1, 0.15) is 13.8 Å². The molecule has 0 spiro atoms. The van der Waals surface area contributed by atoms with E-state index in [9.17, 15) is 0 Å². The lowest BCUT2D eigenvalue weighted by molar-refractivity contribution is 0.720. The summed E-state index contributed by atoms with van der Waals surface area (Å²) in [6.45, 7) is 3.92. The third-order valence-corrected chi connectivity index (χ3v) is 0.917. The molecular formula is C6H10N4S. The van der Waals surface area contributed by atoms with E-state index in [1.165, 1.54) is 0 Å². The average Bonchev–Trinajstić information content (AvgIpc) is 1.86. The van der Waals surface area contributed by atoms with Gasteiger partial charge in [0.25, 0.3) is 0 Å². The zero-order valence-electron chi connectivity index (χ0n) is 6.46. The molecule has 0 atom stereocenters. The normalized spacial score (nSPS) is 9.64. The molecule has 0 saturated carbocycles. The number of nitrogens with one attached hydrogen (secondary N) is 2. The van der Waals surface area contributed by atoms with Crippen molar-refractivity contribution in [2.45, 2.75) is 19.9 Å². The summed E-state index contributed by atoms with van der Waals surface area (Å²) in [5, 5.41) is 14.9. The van der Waals surface area contributed by atoms with Crippen molar-refractivity contribution in [1.82, 2.24) is 10.7 Å². The molecule has 0 heterocycles. The zero-order valence-corrected chi connectivity index (χ0v) is 7.27. The fourth-order valence-corrected chi connectivity index (χ4v) is 0.703. The van der Waals surface area contributed by atoms with Crippen LogP contribution in [0.4, 0.5) is 0 Å². The second-order valence-corrected chi connectivity index (χ2v) is 2.54. The highest BCUT2D eigenvalue weighted by molar-refractivity contribution is 7.80. The van der Waals surface area contributed by atoms with Crippen molar-refractivity contribution in [3.05, 3.63) is 0 Å². The van der Waals surface area contributed by atoms with Gasteiger partial charge >= 0.3 is 0 Å². The molecular weight excluding hydrogens is 160 g/mol. The molecule has 0 rings (SSSR count). The third-order valence-electron chi connectivity index (χ3n) is 0.708. The molecule has 60 valence electrons. The summed E-state index contributed by atoms with van der Waals surface area (Å²) in [6, 6.07) is 2.01. The van der Waals surface area contributed by atoms with Gasteiger partial charge in [0.15, 0.2) is 5.11 Å². The monoisotopic (exact) mass is 170 g/mol. The molecule has 0 unspecified atom stereocenters. The van der Waals surface area contributed by atoms with Crippen LogP contribution in [0.2, 0.25) is 0 Å². The molecule has 0 aliphatic heterocycles. The summed E-state index contributed by atoms with van der Waals surface area (Å²) in [5.41, 5.74) is 2.48. The van der Waals surface area contributed by atoms with Crippen LogP contribution in [0.15, 0.2) is 5.10 Å². The quantitative estimate of drug-likeness (QED) is 0.357. The van der Waals surface area contributed by atoms with Gasteiger partial charge in [0.05, 0.1) is 0 Å². The maximum atomic E-state index is 8.06. The van der Waals surface area contributed by atoms with Crippen LogP contribution in [0.25, 0.3) is 0 Å². The summed E-state index contributed by atoms with van der Waals surface area (Å²) < 4.78 is 0. The Labute approximate surface area is 71.3 Å². The second-order valence-electron chi connectivity index (χ2n) is 2.13. The number of nitriles is 1. The van der Waals surface area contributed by atoms with E-state index >= 15 is 0 Å². The van der Waals surface area contributed by atoms with Gasteiger partial charge in [-0.05, 0) is 26.1 Å². The van der Waals surface area contributed by atoms with Crippen LogP contribution < -0.4 is 10.7 Å². The Hall–Kier alpha value is -1.15. The number of hydrogen-bond donors (Lipinski definition) is 2. The van der Waals surface area contributed by atoms with E-state index in [0.717, 1.165) is 6.21 Å². The van der Waals surface area contributed by atoms with Crippen LogP contribution in [0.3, 0.4) is 0 Å². The maximum Gasteiger partial charge on any atom is 0.187 e. The Morgan fingerprint density at radius 3 is 2.82 bits per heavy atom. The molecule has 0 fully saturated rings. The summed E-state index contributed by atoms with van der Waals surface area (Å²) in [5.74, 6) is 0. The van der Waals surface area contributed by atoms with Crippen LogP contribution in [-0.4, -0.2) is 17.4 Å². The number of hydrogen-bond acceptors (Lipinski definition) is 3. The van der Waals surface area contributed by atoms with Gasteiger partial charge in [-0.2, -0.15) is 10.4 Å². The van der Waals surface area contributed by atoms with Crippen molar-refractivity contribution in [2.75, 3.05) is 0 Å². The van der Waals surface area contributed by atoms with Crippen molar-refractivity contribution in [3.63, 3.8) is 0 Å². The van der Waals surface area contributed by atoms with Crippen molar-refractivity contribution in [1.29, 1.82) is 5.26 Å². The maximum absolute atomic E-state index is 8.06. The fraction of sp³-hybridized carbons (Fsp3) is 0.500. The number of rotatable bonds is 2. The minimum Gasteiger partial charge on any atom is -0.359 e. The van der Waals surface area contributed by atoms with Crippen LogP contribution in [0.5, 0.6) is 0 Å². The van der Waals surface area contributed by atoms with Crippen molar-refractivity contribution < 1.29 is 0 Å². The zero-order chi connectivity index (χ0) is 8.69. The van der Waals surface area contributed by atoms with E-state index in [1.807, 2.05) is 13.8 Å². The number of nitrogens with zero attached hydrogens (tertiary/aromatic N) is 2. The van der Waals surface area contributed by atoms with Gasteiger partial charge in [-0.15, -0.1) is 0 Å². The van der Waals surface area contributed by atoms with Gasteiger partial charge in [0.2, 0.25) is 0 Å². The summed E-state index contributed by atoms with van der Waals surface area (Å²) in [6.07, 6.45) is 1.08. The van der Waals surface area contributed by atoms with Crippen LogP contribution >= 0.6 is 12.2 Å². The smallest absolute Gasteiger partial charge is 0.187 e. The molecule has 0 aromatic heterocycles. The summed E-state index contributed by atoms with van der Waals surface area (Å²) >= 11 is 4.80. The lowest BCUT2D eigenvalue weighted by Gasteiger charge is -2.08. The molecule has 0 aliphatic carbocycles. The lowest BCUT2D eigenvalue weighted by atomic mass is 10.4. The summed E-state index contributed by atoms with van der Waals surface area (Å²) in [7, 11) is 0. The minimum absolute atomic E-state index is 0.271. The van der Waals surface area contributed by atoms with E-state index in [0.29, 0.717) is 5.11 Å². The Morgan fingerprint density at radius 2 is 2.36 bits per heavy atom. The molecule has 0 radical (unpaired) electrons. The van der Waals surface area contributed by atoms with Crippen LogP contribution in [-0.2, 0) is 0 Å². The van der Waals surface area contributed by atoms with Gasteiger partial charge in [0.1, 0.15) is 12.3 Å². The largest absolute Gasteiger partial charge is 0.359 e. The summed E-state index contributed by atoms with van der Waals surface area (Å²) in [4.78, 5) is 0. The van der Waals surface area contributed by atoms with E-state index in [4.69, 9.17) is 17.5 Å². The second kappa shape index (κ2) is 5.62. The lowest BCUT2D eigenvalue weighted by Crippen LogP contribution is -2.36. The highest BCUT2D eigenvalue weighted by Gasteiger charge is 1.93. The molecule has 4 nitrogen and oxygen atoms in total. The third kappa shape index (κ3) is 6.74. The molecule has 0 aromatic rings. The van der Waals surface area contributed by atoms with Crippen molar-refractivity contribution in [3.8, 4) is 6.07 Å². The predicted molar refractivity (Wildman–Crippen MR) is 48.1 cm³/mol. The SMILES string of the molecule is CC(C)NC(=S)N/N=C/C#N. The first-order valence-corrected chi connectivity index (χ1v) is 3.55. The van der Waals surface area contributed by atoms with E-state index < -0.39 is 0 Å². The standard InChI is InChI=1S/C6H10N4S/c1-5(2)9-6(11)10-8-4-3-7/h4-5H,1-2H3,(H2,9,10,11)/b8-4+. The van der Waals surface area contributed by atoms with Crippen molar-refractivity contribution >= 4 is 23.5 Å². The molecule has 5 heteroatoms. The molecule has 11 heavy (non-hydrogen) atoms. The fourth-order valence-electron chi connectivity index (χ4n) is 0.414. The first-order valence-electron chi connectivity index (χ1n) is 3.14. The van der Waals surface area contributed by atoms with Gasteiger partial charge in [-0.3, -0.25) is 5.43 Å². The Morgan fingerprint density at radius 1 is 1.73 bits per heavy atom. The minimum atomic E-state index is 0.271. The van der Waals surface area contributed by atoms with Crippen molar-refractivity contribution in [2.24, 2.45) is 5.10 Å². The molecule has 0 saturated heterocycles. The highest BCUT2D eigenvalue weighted by Crippen LogP contribution is 1.75. The molecule has 0 aromatic carbocycles. The Balaban J connectivity index is 3.55. The highest BCUT2D eigenvalue weighted by atomic mass is 32.1. The number of hydrazone groups is 1.